The summed E-state index contributed by atoms with van der Waals surface area (Å²) in [6, 6.07) is 6.90. The van der Waals surface area contributed by atoms with Gasteiger partial charge in [-0.3, -0.25) is 0 Å². The van der Waals surface area contributed by atoms with Crippen molar-refractivity contribution in [2.45, 2.75) is 65.0 Å². The van der Waals surface area contributed by atoms with Crippen LogP contribution in [0, 0.1) is 6.92 Å². The number of aryl methyl sites for hydroxylation is 1. The van der Waals surface area contributed by atoms with Crippen LogP contribution >= 0.6 is 0 Å². The van der Waals surface area contributed by atoms with Gasteiger partial charge < -0.3 is 10.1 Å². The van der Waals surface area contributed by atoms with Crippen LogP contribution < -0.4 is 10.1 Å². The SMILES string of the molecule is CCNC(C)c1cc(C)ccc1OC1CCCCC1. The quantitative estimate of drug-likeness (QED) is 0.849. The van der Waals surface area contributed by atoms with E-state index in [1.807, 2.05) is 0 Å². The third kappa shape index (κ3) is 3.97. The maximum Gasteiger partial charge on any atom is 0.124 e. The number of nitrogens with one attached hydrogen (secondary N) is 1. The Morgan fingerprint density at radius 3 is 2.68 bits per heavy atom. The lowest BCUT2D eigenvalue weighted by Crippen LogP contribution is -2.23. The molecule has 1 unspecified atom stereocenters. The molecule has 0 aliphatic heterocycles. The molecule has 1 aliphatic rings. The van der Waals surface area contributed by atoms with Crippen LogP contribution in [0.4, 0.5) is 0 Å². The summed E-state index contributed by atoms with van der Waals surface area (Å²) < 4.78 is 6.27. The maximum absolute atomic E-state index is 6.27. The predicted molar refractivity (Wildman–Crippen MR) is 80.8 cm³/mol. The van der Waals surface area contributed by atoms with E-state index < -0.39 is 0 Å². The first-order chi connectivity index (χ1) is 9.20. The Morgan fingerprint density at radius 1 is 1.26 bits per heavy atom. The minimum atomic E-state index is 0.350. The van der Waals surface area contributed by atoms with Crippen LogP contribution in [0.25, 0.3) is 0 Å². The molecule has 1 saturated carbocycles. The molecular formula is C17H27NO. The number of benzene rings is 1. The molecule has 0 radical (unpaired) electrons. The molecule has 0 spiro atoms. The van der Waals surface area contributed by atoms with Crippen molar-refractivity contribution < 1.29 is 4.74 Å². The Morgan fingerprint density at radius 2 is 2.00 bits per heavy atom. The van der Waals surface area contributed by atoms with E-state index >= 15 is 0 Å². The molecular weight excluding hydrogens is 234 g/mol. The lowest BCUT2D eigenvalue weighted by molar-refractivity contribution is 0.152. The highest BCUT2D eigenvalue weighted by Crippen LogP contribution is 2.30. The van der Waals surface area contributed by atoms with Gasteiger partial charge in [0.15, 0.2) is 0 Å². The minimum Gasteiger partial charge on any atom is -0.490 e. The van der Waals surface area contributed by atoms with Crippen LogP contribution in [0.5, 0.6) is 5.75 Å². The molecule has 19 heavy (non-hydrogen) atoms. The van der Waals surface area contributed by atoms with Crippen LogP contribution in [-0.4, -0.2) is 12.6 Å². The second-order valence-corrected chi connectivity index (χ2v) is 5.70. The largest absolute Gasteiger partial charge is 0.490 e. The highest BCUT2D eigenvalue weighted by Gasteiger charge is 2.18. The van der Waals surface area contributed by atoms with Gasteiger partial charge >= 0.3 is 0 Å². The number of hydrogen-bond acceptors (Lipinski definition) is 2. The first-order valence-electron chi connectivity index (χ1n) is 7.71. The summed E-state index contributed by atoms with van der Waals surface area (Å²) in [7, 11) is 0. The first kappa shape index (κ1) is 14.4. The average Bonchev–Trinajstić information content (AvgIpc) is 2.42. The average molecular weight is 261 g/mol. The Hall–Kier alpha value is -1.02. The van der Waals surface area contributed by atoms with Gasteiger partial charge in [-0.05, 0) is 52.1 Å². The van der Waals surface area contributed by atoms with Gasteiger partial charge in [-0.25, -0.2) is 0 Å². The fraction of sp³-hybridized carbons (Fsp3) is 0.647. The number of hydrogen-bond donors (Lipinski definition) is 1. The molecule has 0 heterocycles. The van der Waals surface area contributed by atoms with E-state index in [4.69, 9.17) is 4.74 Å². The van der Waals surface area contributed by atoms with Gasteiger partial charge in [-0.1, -0.05) is 31.0 Å². The third-order valence-electron chi connectivity index (χ3n) is 3.99. The standard InChI is InChI=1S/C17H27NO/c1-4-18-14(3)16-12-13(2)10-11-17(16)19-15-8-6-5-7-9-15/h10-12,14-15,18H,4-9H2,1-3H3. The Labute approximate surface area is 117 Å². The van der Waals surface area contributed by atoms with Gasteiger partial charge in [0.05, 0.1) is 6.10 Å². The molecule has 1 N–H and O–H groups in total. The summed E-state index contributed by atoms with van der Waals surface area (Å²) in [5.41, 5.74) is 2.60. The van der Waals surface area contributed by atoms with Crippen LogP contribution in [-0.2, 0) is 0 Å². The molecule has 1 aliphatic carbocycles. The van der Waals surface area contributed by atoms with Gasteiger partial charge in [0, 0.05) is 11.6 Å². The molecule has 0 bridgehead atoms. The van der Waals surface area contributed by atoms with Crippen LogP contribution in [0.3, 0.4) is 0 Å². The van der Waals surface area contributed by atoms with Crippen molar-refractivity contribution in [2.24, 2.45) is 0 Å². The molecule has 2 heteroatoms. The number of rotatable bonds is 5. The Kier molecular flexibility index (Phi) is 5.26. The summed E-state index contributed by atoms with van der Waals surface area (Å²) >= 11 is 0. The summed E-state index contributed by atoms with van der Waals surface area (Å²) in [6.07, 6.45) is 6.84. The van der Waals surface area contributed by atoms with E-state index in [9.17, 15) is 0 Å². The predicted octanol–water partition coefficient (Wildman–Crippen LogP) is 4.38. The monoisotopic (exact) mass is 261 g/mol. The van der Waals surface area contributed by atoms with Crippen molar-refractivity contribution in [2.75, 3.05) is 6.54 Å². The van der Waals surface area contributed by atoms with Crippen molar-refractivity contribution in [1.29, 1.82) is 0 Å². The van der Waals surface area contributed by atoms with Crippen molar-refractivity contribution in [3.8, 4) is 5.75 Å². The van der Waals surface area contributed by atoms with Crippen molar-refractivity contribution >= 4 is 0 Å². The molecule has 1 aromatic carbocycles. The van der Waals surface area contributed by atoms with Gasteiger partial charge in [0.2, 0.25) is 0 Å². The molecule has 1 atom stereocenters. The summed E-state index contributed by atoms with van der Waals surface area (Å²) in [6.45, 7) is 7.49. The zero-order valence-electron chi connectivity index (χ0n) is 12.5. The number of ether oxygens (including phenoxy) is 1. The summed E-state index contributed by atoms with van der Waals surface area (Å²) in [5, 5.41) is 3.49. The molecule has 0 saturated heterocycles. The topological polar surface area (TPSA) is 21.3 Å². The van der Waals surface area contributed by atoms with Crippen molar-refractivity contribution in [1.82, 2.24) is 5.32 Å². The van der Waals surface area contributed by atoms with Crippen LogP contribution in [0.2, 0.25) is 0 Å². The van der Waals surface area contributed by atoms with E-state index in [1.165, 1.54) is 43.2 Å². The van der Waals surface area contributed by atoms with Crippen molar-refractivity contribution in [3.05, 3.63) is 29.3 Å². The normalized spacial score (nSPS) is 18.3. The smallest absolute Gasteiger partial charge is 0.124 e. The molecule has 2 nitrogen and oxygen atoms in total. The fourth-order valence-corrected chi connectivity index (χ4v) is 2.89. The second kappa shape index (κ2) is 6.95. The maximum atomic E-state index is 6.27. The molecule has 2 rings (SSSR count). The van der Waals surface area contributed by atoms with Gasteiger partial charge in [-0.15, -0.1) is 0 Å². The van der Waals surface area contributed by atoms with Gasteiger partial charge in [-0.2, -0.15) is 0 Å². The Balaban J connectivity index is 2.13. The fourth-order valence-electron chi connectivity index (χ4n) is 2.89. The highest BCUT2D eigenvalue weighted by atomic mass is 16.5. The Bertz CT molecular complexity index is 396. The molecule has 1 aromatic rings. The molecule has 0 amide bonds. The minimum absolute atomic E-state index is 0.350. The summed E-state index contributed by atoms with van der Waals surface area (Å²) in [4.78, 5) is 0. The van der Waals surface area contributed by atoms with Gasteiger partial charge in [0.25, 0.3) is 0 Å². The lowest BCUT2D eigenvalue weighted by atomic mass is 9.97. The van der Waals surface area contributed by atoms with E-state index in [0.717, 1.165) is 12.3 Å². The van der Waals surface area contributed by atoms with E-state index in [2.05, 4.69) is 44.3 Å². The molecule has 1 fully saturated rings. The second-order valence-electron chi connectivity index (χ2n) is 5.70. The lowest BCUT2D eigenvalue weighted by Gasteiger charge is -2.26. The highest BCUT2D eigenvalue weighted by molar-refractivity contribution is 5.39. The van der Waals surface area contributed by atoms with Crippen LogP contribution in [0.1, 0.15) is 63.1 Å². The van der Waals surface area contributed by atoms with E-state index in [-0.39, 0.29) is 0 Å². The summed E-state index contributed by atoms with van der Waals surface area (Å²) in [5.74, 6) is 1.07. The van der Waals surface area contributed by atoms with E-state index in [0.29, 0.717) is 12.1 Å². The van der Waals surface area contributed by atoms with Crippen LogP contribution in [0.15, 0.2) is 18.2 Å². The van der Waals surface area contributed by atoms with Crippen molar-refractivity contribution in [3.63, 3.8) is 0 Å². The molecule has 0 aromatic heterocycles. The first-order valence-corrected chi connectivity index (χ1v) is 7.71. The third-order valence-corrected chi connectivity index (χ3v) is 3.99. The zero-order chi connectivity index (χ0) is 13.7. The zero-order valence-corrected chi connectivity index (χ0v) is 12.5. The molecule has 106 valence electrons. The van der Waals surface area contributed by atoms with Gasteiger partial charge in [0.1, 0.15) is 5.75 Å². The van der Waals surface area contributed by atoms with E-state index in [1.54, 1.807) is 0 Å².